The first-order chi connectivity index (χ1) is 14.3. The molecule has 4 heterocycles. The normalized spacial score (nSPS) is 16.8. The van der Waals surface area contributed by atoms with Crippen LogP contribution in [-0.4, -0.2) is 56.3 Å². The van der Waals surface area contributed by atoms with Crippen LogP contribution < -0.4 is 15.0 Å². The highest BCUT2D eigenvalue weighted by Crippen LogP contribution is 2.33. The van der Waals surface area contributed by atoms with E-state index < -0.39 is 0 Å². The Bertz CT molecular complexity index is 1010. The zero-order valence-electron chi connectivity index (χ0n) is 18.0. The third-order valence-electron chi connectivity index (χ3n) is 4.87. The molecule has 158 valence electrons. The van der Waals surface area contributed by atoms with E-state index in [0.29, 0.717) is 29.3 Å². The number of hydrogen-bond donors (Lipinski definition) is 1. The fourth-order valence-electron chi connectivity index (χ4n) is 3.62. The van der Waals surface area contributed by atoms with Crippen molar-refractivity contribution in [3.63, 3.8) is 0 Å². The highest BCUT2D eigenvalue weighted by Gasteiger charge is 2.27. The largest absolute Gasteiger partial charge is 0.481 e. The lowest BCUT2D eigenvalue weighted by Crippen LogP contribution is -2.45. The zero-order valence-corrected chi connectivity index (χ0v) is 18.8. The summed E-state index contributed by atoms with van der Waals surface area (Å²) in [5.41, 5.74) is 3.29. The predicted octanol–water partition coefficient (Wildman–Crippen LogP) is 3.34. The number of aromatic nitrogens is 5. The number of aryl methyl sites for hydroxylation is 1. The van der Waals surface area contributed by atoms with Gasteiger partial charge in [0.25, 0.3) is 0 Å². The van der Waals surface area contributed by atoms with E-state index in [1.54, 1.807) is 13.3 Å². The summed E-state index contributed by atoms with van der Waals surface area (Å²) < 4.78 is 9.85. The molecular formula is C21H27N7OS. The Kier molecular flexibility index (Phi) is 5.66. The average molecular weight is 426 g/mol. The molecule has 0 radical (unpaired) electrons. The smallest absolute Gasteiger partial charge is 0.245 e. The molecule has 0 amide bonds. The topological polar surface area (TPSA) is 89.0 Å². The fourth-order valence-corrected chi connectivity index (χ4v) is 4.39. The summed E-state index contributed by atoms with van der Waals surface area (Å²) >= 11 is 1.43. The maximum atomic E-state index is 5.51. The highest BCUT2D eigenvalue weighted by molar-refractivity contribution is 7.09. The number of nitrogens with zero attached hydrogens (tertiary/aromatic N) is 6. The van der Waals surface area contributed by atoms with Gasteiger partial charge in [-0.15, -0.1) is 10.2 Å². The fraction of sp³-hybridized carbons (Fsp3) is 0.476. The van der Waals surface area contributed by atoms with Crippen molar-refractivity contribution in [3.8, 4) is 27.7 Å². The second-order valence-corrected chi connectivity index (χ2v) is 9.36. The van der Waals surface area contributed by atoms with Crippen molar-refractivity contribution < 1.29 is 4.74 Å². The molecule has 1 saturated heterocycles. The zero-order chi connectivity index (χ0) is 21.3. The van der Waals surface area contributed by atoms with Crippen LogP contribution >= 0.6 is 11.5 Å². The van der Waals surface area contributed by atoms with E-state index in [4.69, 9.17) is 4.74 Å². The van der Waals surface area contributed by atoms with Gasteiger partial charge in [-0.3, -0.25) is 0 Å². The number of rotatable bonds is 5. The van der Waals surface area contributed by atoms with Gasteiger partial charge in [-0.2, -0.15) is 4.37 Å². The Morgan fingerprint density at radius 2 is 2.03 bits per heavy atom. The van der Waals surface area contributed by atoms with E-state index >= 15 is 0 Å². The predicted molar refractivity (Wildman–Crippen MR) is 119 cm³/mol. The van der Waals surface area contributed by atoms with Crippen LogP contribution in [0.25, 0.3) is 21.8 Å². The van der Waals surface area contributed by atoms with Crippen LogP contribution in [0.2, 0.25) is 0 Å². The number of hydrogen-bond acceptors (Lipinski definition) is 9. The Balaban J connectivity index is 1.50. The van der Waals surface area contributed by atoms with Crippen molar-refractivity contribution in [1.29, 1.82) is 0 Å². The summed E-state index contributed by atoms with van der Waals surface area (Å²) in [4.78, 5) is 12.4. The van der Waals surface area contributed by atoms with Gasteiger partial charge in [0.1, 0.15) is 5.69 Å². The Morgan fingerprint density at radius 3 is 2.67 bits per heavy atom. The molecule has 0 aromatic carbocycles. The van der Waals surface area contributed by atoms with Gasteiger partial charge in [-0.05, 0) is 63.8 Å². The lowest BCUT2D eigenvalue weighted by atomic mass is 10.1. The molecule has 1 aliphatic rings. The van der Waals surface area contributed by atoms with Gasteiger partial charge < -0.3 is 15.0 Å². The van der Waals surface area contributed by atoms with Crippen molar-refractivity contribution >= 4 is 17.5 Å². The second kappa shape index (κ2) is 8.23. The first-order valence-corrected chi connectivity index (χ1v) is 10.8. The Hall–Kier alpha value is -2.65. The average Bonchev–Trinajstić information content (AvgIpc) is 3.35. The molecule has 9 heteroatoms. The third kappa shape index (κ3) is 4.57. The van der Waals surface area contributed by atoms with E-state index in [1.807, 2.05) is 25.1 Å². The molecule has 1 N–H and O–H groups in total. The SMILES string of the molecule is COc1nc(-c2cnc(N3CC[C@H](NC(C)(C)C)C3)nn2)ccc1-c1cc(C)ns1. The minimum Gasteiger partial charge on any atom is -0.481 e. The molecule has 0 saturated carbocycles. The second-order valence-electron chi connectivity index (χ2n) is 8.56. The number of pyridine rings is 1. The number of nitrogens with one attached hydrogen (secondary N) is 1. The minimum atomic E-state index is 0.0956. The summed E-state index contributed by atoms with van der Waals surface area (Å²) in [6.07, 6.45) is 2.80. The molecule has 4 rings (SSSR count). The van der Waals surface area contributed by atoms with E-state index in [0.717, 1.165) is 35.6 Å². The quantitative estimate of drug-likeness (QED) is 0.666. The standard InChI is InChI=1S/C21H27N7OS/c1-13-10-18(30-27-13)15-6-7-16(23-19(15)29-5)17-11-22-20(26-25-17)28-9-8-14(12-28)24-21(2,3)4/h6-7,10-11,14,24H,8-9,12H2,1-5H3/t14-/m0/s1. The van der Waals surface area contributed by atoms with Crippen molar-refractivity contribution in [2.24, 2.45) is 0 Å². The van der Waals surface area contributed by atoms with Crippen LogP contribution in [0.1, 0.15) is 32.9 Å². The lowest BCUT2D eigenvalue weighted by molar-refractivity contribution is 0.373. The van der Waals surface area contributed by atoms with Gasteiger partial charge in [0.2, 0.25) is 11.8 Å². The molecule has 0 aliphatic carbocycles. The number of methoxy groups -OCH3 is 1. The molecule has 3 aromatic heterocycles. The lowest BCUT2D eigenvalue weighted by Gasteiger charge is -2.25. The molecule has 0 unspecified atom stereocenters. The molecular weight excluding hydrogens is 398 g/mol. The number of anilines is 1. The van der Waals surface area contributed by atoms with Gasteiger partial charge in [0, 0.05) is 24.7 Å². The molecule has 3 aromatic rings. The maximum absolute atomic E-state index is 5.51. The van der Waals surface area contributed by atoms with Crippen molar-refractivity contribution in [1.82, 2.24) is 29.9 Å². The van der Waals surface area contributed by atoms with Crippen LogP contribution in [0.15, 0.2) is 24.4 Å². The molecule has 1 fully saturated rings. The molecule has 1 aliphatic heterocycles. The Morgan fingerprint density at radius 1 is 1.20 bits per heavy atom. The molecule has 30 heavy (non-hydrogen) atoms. The monoisotopic (exact) mass is 425 g/mol. The minimum absolute atomic E-state index is 0.0956. The number of ether oxygens (including phenoxy) is 1. The maximum Gasteiger partial charge on any atom is 0.245 e. The van der Waals surface area contributed by atoms with Crippen LogP contribution in [0, 0.1) is 6.92 Å². The van der Waals surface area contributed by atoms with E-state index in [-0.39, 0.29) is 5.54 Å². The van der Waals surface area contributed by atoms with Gasteiger partial charge in [-0.25, -0.2) is 9.97 Å². The van der Waals surface area contributed by atoms with Gasteiger partial charge in [0.05, 0.1) is 35.1 Å². The first-order valence-electron chi connectivity index (χ1n) is 10.0. The Labute approximate surface area is 180 Å². The van der Waals surface area contributed by atoms with Gasteiger partial charge in [0.15, 0.2) is 0 Å². The van der Waals surface area contributed by atoms with Crippen molar-refractivity contribution in [3.05, 3.63) is 30.1 Å². The molecule has 1 atom stereocenters. The van der Waals surface area contributed by atoms with E-state index in [9.17, 15) is 0 Å². The summed E-state index contributed by atoms with van der Waals surface area (Å²) in [5, 5.41) is 12.4. The van der Waals surface area contributed by atoms with Crippen LogP contribution in [0.4, 0.5) is 5.95 Å². The summed E-state index contributed by atoms with van der Waals surface area (Å²) in [5.74, 6) is 1.19. The van der Waals surface area contributed by atoms with Gasteiger partial charge in [-0.1, -0.05) is 0 Å². The summed E-state index contributed by atoms with van der Waals surface area (Å²) in [6.45, 7) is 10.3. The van der Waals surface area contributed by atoms with Crippen molar-refractivity contribution in [2.45, 2.75) is 45.7 Å². The van der Waals surface area contributed by atoms with Crippen LogP contribution in [0.5, 0.6) is 5.88 Å². The molecule has 8 nitrogen and oxygen atoms in total. The third-order valence-corrected chi connectivity index (χ3v) is 5.78. The van der Waals surface area contributed by atoms with E-state index in [1.165, 1.54) is 11.5 Å². The van der Waals surface area contributed by atoms with Crippen LogP contribution in [0.3, 0.4) is 0 Å². The first kappa shape index (κ1) is 20.6. The highest BCUT2D eigenvalue weighted by atomic mass is 32.1. The summed E-state index contributed by atoms with van der Waals surface area (Å²) in [7, 11) is 1.62. The molecule has 0 spiro atoms. The van der Waals surface area contributed by atoms with Crippen LogP contribution in [-0.2, 0) is 0 Å². The van der Waals surface area contributed by atoms with E-state index in [2.05, 4.69) is 55.5 Å². The summed E-state index contributed by atoms with van der Waals surface area (Å²) in [6, 6.07) is 6.35. The molecule has 0 bridgehead atoms. The van der Waals surface area contributed by atoms with Gasteiger partial charge >= 0.3 is 0 Å². The van der Waals surface area contributed by atoms with Crippen molar-refractivity contribution in [2.75, 3.05) is 25.1 Å².